The minimum Gasteiger partial charge on any atom is -0.477 e. The number of carboxylic acid groups (broad SMARTS) is 1. The third-order valence-corrected chi connectivity index (χ3v) is 3.70. The fraction of sp³-hybridized carbons (Fsp3) is 0.267. The van der Waals surface area contributed by atoms with Crippen LogP contribution in [0.25, 0.3) is 10.4 Å². The van der Waals surface area contributed by atoms with Crippen LogP contribution in [0.5, 0.6) is 0 Å². The van der Waals surface area contributed by atoms with Gasteiger partial charge in [0.15, 0.2) is 0 Å². The average Bonchev–Trinajstić information content (AvgIpc) is 2.81. The number of nitrogens with one attached hydrogen (secondary N) is 1. The van der Waals surface area contributed by atoms with Crippen molar-refractivity contribution < 1.29 is 19.4 Å². The molecule has 0 fully saturated rings. The molecule has 7 heteroatoms. The van der Waals surface area contributed by atoms with Gasteiger partial charge in [-0.3, -0.25) is 10.3 Å². The maximum absolute atomic E-state index is 11.8. The first-order valence-corrected chi connectivity index (χ1v) is 7.35. The molecule has 0 radical (unpaired) electrons. The van der Waals surface area contributed by atoms with Gasteiger partial charge >= 0.3 is 12.1 Å². The molecule has 0 atom stereocenters. The lowest BCUT2D eigenvalue weighted by atomic mass is 10.2. The van der Waals surface area contributed by atoms with E-state index < -0.39 is 17.7 Å². The standard InChI is InChI=1S/C15H16N2O4S/c1-15(2,3)21-14(20)17-10-8-11(22-12(10)13(18)19)9-4-6-16-7-5-9/h4-8H,1-3H3,(H,17,20)(H,18,19). The van der Waals surface area contributed by atoms with E-state index in [4.69, 9.17) is 4.74 Å². The predicted molar refractivity (Wildman–Crippen MR) is 84.4 cm³/mol. The number of carbonyl (C=O) groups is 2. The normalized spacial score (nSPS) is 11.0. The third-order valence-electron chi connectivity index (χ3n) is 2.53. The fourth-order valence-electron chi connectivity index (χ4n) is 1.71. The van der Waals surface area contributed by atoms with Crippen LogP contribution in [0.3, 0.4) is 0 Å². The number of hydrogen-bond donors (Lipinski definition) is 2. The number of thiophene rings is 1. The summed E-state index contributed by atoms with van der Waals surface area (Å²) >= 11 is 1.08. The van der Waals surface area contributed by atoms with Gasteiger partial charge in [-0.15, -0.1) is 11.3 Å². The van der Waals surface area contributed by atoms with Crippen LogP contribution in [0.4, 0.5) is 10.5 Å². The van der Waals surface area contributed by atoms with Crippen LogP contribution >= 0.6 is 11.3 Å². The van der Waals surface area contributed by atoms with Crippen molar-refractivity contribution in [2.75, 3.05) is 5.32 Å². The number of hydrogen-bond acceptors (Lipinski definition) is 5. The van der Waals surface area contributed by atoms with Gasteiger partial charge in [-0.25, -0.2) is 9.59 Å². The van der Waals surface area contributed by atoms with Crippen molar-refractivity contribution >= 4 is 29.1 Å². The van der Waals surface area contributed by atoms with Crippen molar-refractivity contribution in [1.29, 1.82) is 0 Å². The number of aromatic carboxylic acids is 1. The molecule has 22 heavy (non-hydrogen) atoms. The zero-order valence-corrected chi connectivity index (χ0v) is 13.2. The zero-order valence-electron chi connectivity index (χ0n) is 12.4. The smallest absolute Gasteiger partial charge is 0.412 e. The molecule has 2 rings (SSSR count). The maximum atomic E-state index is 11.8. The minimum absolute atomic E-state index is 0.0534. The van der Waals surface area contributed by atoms with Crippen molar-refractivity contribution in [2.45, 2.75) is 26.4 Å². The molecule has 0 aromatic carbocycles. The highest BCUT2D eigenvalue weighted by Gasteiger charge is 2.21. The monoisotopic (exact) mass is 320 g/mol. The van der Waals surface area contributed by atoms with Gasteiger partial charge in [0.2, 0.25) is 0 Å². The van der Waals surface area contributed by atoms with Gasteiger partial charge in [0.05, 0.1) is 5.69 Å². The summed E-state index contributed by atoms with van der Waals surface area (Å²) in [5.74, 6) is -1.10. The van der Waals surface area contributed by atoms with Crippen molar-refractivity contribution in [2.24, 2.45) is 0 Å². The van der Waals surface area contributed by atoms with Gasteiger partial charge in [-0.05, 0) is 44.5 Å². The van der Waals surface area contributed by atoms with E-state index in [1.54, 1.807) is 51.4 Å². The number of aromatic nitrogens is 1. The Labute approximate surface area is 131 Å². The van der Waals surface area contributed by atoms with Crippen LogP contribution in [0, 0.1) is 0 Å². The molecule has 2 N–H and O–H groups in total. The number of pyridine rings is 1. The Balaban J connectivity index is 2.29. The second-order valence-corrected chi connectivity index (χ2v) is 6.57. The largest absolute Gasteiger partial charge is 0.477 e. The van der Waals surface area contributed by atoms with Crippen LogP contribution in [-0.4, -0.2) is 27.8 Å². The molecule has 0 spiro atoms. The summed E-state index contributed by atoms with van der Waals surface area (Å²) in [6.45, 7) is 5.21. The molecule has 6 nitrogen and oxygen atoms in total. The number of amides is 1. The molecule has 2 heterocycles. The third kappa shape index (κ3) is 4.05. The lowest BCUT2D eigenvalue weighted by molar-refractivity contribution is 0.0636. The summed E-state index contributed by atoms with van der Waals surface area (Å²) in [7, 11) is 0. The Morgan fingerprint density at radius 2 is 1.91 bits per heavy atom. The fourth-order valence-corrected chi connectivity index (χ4v) is 2.67. The molecule has 0 unspecified atom stereocenters. The van der Waals surface area contributed by atoms with Gasteiger partial charge in [0, 0.05) is 17.3 Å². The molecule has 0 aliphatic rings. The number of ether oxygens (including phenoxy) is 1. The van der Waals surface area contributed by atoms with E-state index in [1.807, 2.05) is 0 Å². The molecule has 116 valence electrons. The first-order valence-electron chi connectivity index (χ1n) is 6.54. The molecule has 0 saturated carbocycles. The molecule has 0 aliphatic heterocycles. The van der Waals surface area contributed by atoms with E-state index in [1.165, 1.54) is 0 Å². The Morgan fingerprint density at radius 1 is 1.27 bits per heavy atom. The SMILES string of the molecule is CC(C)(C)OC(=O)Nc1cc(-c2ccncc2)sc1C(=O)O. The number of anilines is 1. The van der Waals surface area contributed by atoms with Crippen LogP contribution in [0.2, 0.25) is 0 Å². The average molecular weight is 320 g/mol. The lowest BCUT2D eigenvalue weighted by Crippen LogP contribution is -2.27. The summed E-state index contributed by atoms with van der Waals surface area (Å²) < 4.78 is 5.14. The predicted octanol–water partition coefficient (Wildman–Crippen LogP) is 3.86. The van der Waals surface area contributed by atoms with E-state index in [-0.39, 0.29) is 10.6 Å². The highest BCUT2D eigenvalue weighted by Crippen LogP contribution is 2.34. The molecule has 0 aliphatic carbocycles. The van der Waals surface area contributed by atoms with Crippen LogP contribution in [0.15, 0.2) is 30.6 Å². The summed E-state index contributed by atoms with van der Waals surface area (Å²) in [6.07, 6.45) is 2.56. The highest BCUT2D eigenvalue weighted by atomic mass is 32.1. The van der Waals surface area contributed by atoms with E-state index in [0.29, 0.717) is 0 Å². The maximum Gasteiger partial charge on any atom is 0.412 e. The molecule has 0 bridgehead atoms. The molecular formula is C15H16N2O4S. The van der Waals surface area contributed by atoms with Crippen LogP contribution in [0.1, 0.15) is 30.4 Å². The Hall–Kier alpha value is -2.41. The number of carbonyl (C=O) groups excluding carboxylic acids is 1. The van der Waals surface area contributed by atoms with E-state index in [0.717, 1.165) is 21.8 Å². The van der Waals surface area contributed by atoms with E-state index in [9.17, 15) is 14.7 Å². The van der Waals surface area contributed by atoms with Crippen LogP contribution in [-0.2, 0) is 4.74 Å². The Morgan fingerprint density at radius 3 is 2.45 bits per heavy atom. The van der Waals surface area contributed by atoms with Crippen molar-refractivity contribution in [3.05, 3.63) is 35.5 Å². The Kier molecular flexibility index (Phi) is 4.46. The minimum atomic E-state index is -1.10. The summed E-state index contributed by atoms with van der Waals surface area (Å²) in [4.78, 5) is 27.9. The van der Waals surface area contributed by atoms with Gasteiger partial charge in [-0.1, -0.05) is 0 Å². The van der Waals surface area contributed by atoms with E-state index in [2.05, 4.69) is 10.3 Å². The molecule has 1 amide bonds. The summed E-state index contributed by atoms with van der Waals surface area (Å²) in [5.41, 5.74) is 0.399. The van der Waals surface area contributed by atoms with Crippen molar-refractivity contribution in [3.63, 3.8) is 0 Å². The van der Waals surface area contributed by atoms with Crippen molar-refractivity contribution in [1.82, 2.24) is 4.98 Å². The van der Waals surface area contributed by atoms with Gasteiger partial charge in [0.1, 0.15) is 10.5 Å². The number of nitrogens with zero attached hydrogens (tertiary/aromatic N) is 1. The Bertz CT molecular complexity index is 689. The van der Waals surface area contributed by atoms with Crippen LogP contribution < -0.4 is 5.32 Å². The first kappa shape index (κ1) is 16.0. The lowest BCUT2D eigenvalue weighted by Gasteiger charge is -2.19. The van der Waals surface area contributed by atoms with Crippen molar-refractivity contribution in [3.8, 4) is 10.4 Å². The summed E-state index contributed by atoms with van der Waals surface area (Å²) in [6, 6.07) is 5.16. The topological polar surface area (TPSA) is 88.5 Å². The molecule has 2 aromatic heterocycles. The van der Waals surface area contributed by atoms with Gasteiger partial charge < -0.3 is 9.84 Å². The molecule has 2 aromatic rings. The first-order chi connectivity index (χ1) is 10.3. The number of carboxylic acids is 1. The van der Waals surface area contributed by atoms with Gasteiger partial charge in [-0.2, -0.15) is 0 Å². The van der Waals surface area contributed by atoms with E-state index >= 15 is 0 Å². The molecular weight excluding hydrogens is 304 g/mol. The van der Waals surface area contributed by atoms with Gasteiger partial charge in [0.25, 0.3) is 0 Å². The zero-order chi connectivity index (χ0) is 16.3. The quantitative estimate of drug-likeness (QED) is 0.896. The molecule has 0 saturated heterocycles. The second kappa shape index (κ2) is 6.15. The number of rotatable bonds is 3. The highest BCUT2D eigenvalue weighted by molar-refractivity contribution is 7.18. The summed E-state index contributed by atoms with van der Waals surface area (Å²) in [5, 5.41) is 11.8. The second-order valence-electron chi connectivity index (χ2n) is 5.52.